The maximum absolute atomic E-state index is 11.6. The van der Waals surface area contributed by atoms with Crippen LogP contribution >= 0.6 is 0 Å². The summed E-state index contributed by atoms with van der Waals surface area (Å²) in [5.41, 5.74) is 10.4. The van der Waals surface area contributed by atoms with E-state index < -0.39 is 40.5 Å². The quantitative estimate of drug-likeness (QED) is 0.0197. The molecule has 8 aromatic carbocycles. The Labute approximate surface area is 807 Å². The standard InChI is InChI=1S/4C28H44O3S.Pb/c4*1-3-5-7-9-11-13-15-17-24-19-20-25-21-22-26(32(29,30)31)23-28(25)27(24)18-16-14-12-10-8-6-4-2;/h4*19-23H,3-18H2,1-2H3,(H,29,30,31);/p-4. The van der Waals surface area contributed by atoms with Crippen LogP contribution in [0.2, 0.25) is 0 Å². The monoisotopic (exact) mass is 2050 g/mol. The second-order valence-corrected chi connectivity index (χ2v) is 42.7. The van der Waals surface area contributed by atoms with Gasteiger partial charge in [0.05, 0.1) is 19.6 Å². The van der Waals surface area contributed by atoms with Crippen molar-refractivity contribution < 1.29 is 51.9 Å². The molecule has 17 heteroatoms. The molecule has 129 heavy (non-hydrogen) atoms. The predicted molar refractivity (Wildman–Crippen MR) is 547 cm³/mol. The van der Waals surface area contributed by atoms with Crippen molar-refractivity contribution >= 4 is 111 Å². The fourth-order valence-electron chi connectivity index (χ4n) is 18.5. The Hall–Kier alpha value is -4.64. The summed E-state index contributed by atoms with van der Waals surface area (Å²) >= 11 is 0. The van der Waals surface area contributed by atoms with Gasteiger partial charge in [-0.2, -0.15) is 0 Å². The van der Waals surface area contributed by atoms with E-state index in [1.54, 1.807) is 48.5 Å². The van der Waals surface area contributed by atoms with Crippen molar-refractivity contribution in [3.8, 4) is 0 Å². The van der Waals surface area contributed by atoms with Gasteiger partial charge < -0.3 is 18.2 Å². The fourth-order valence-corrected chi connectivity index (χ4v) is 20.5. The van der Waals surface area contributed by atoms with Crippen LogP contribution in [0.5, 0.6) is 0 Å². The second-order valence-electron chi connectivity index (χ2n) is 37.1. The summed E-state index contributed by atoms with van der Waals surface area (Å²) in [6.07, 6.45) is 79.0. The normalized spacial score (nSPS) is 11.9. The predicted octanol–water partition coefficient (Wildman–Crippen LogP) is 32.9. The summed E-state index contributed by atoms with van der Waals surface area (Å²) in [5, 5.41) is 7.91. The van der Waals surface area contributed by atoms with Crippen LogP contribution in [0.3, 0.4) is 0 Å². The van der Waals surface area contributed by atoms with Crippen LogP contribution in [0.1, 0.15) is 459 Å². The largest absolute Gasteiger partial charge is 0.744 e. The second kappa shape index (κ2) is 69.2. The van der Waals surface area contributed by atoms with Gasteiger partial charge in [-0.25, -0.2) is 33.7 Å². The third-order valence-electron chi connectivity index (χ3n) is 26.3. The van der Waals surface area contributed by atoms with Crippen molar-refractivity contribution in [2.45, 2.75) is 486 Å². The zero-order valence-corrected chi connectivity index (χ0v) is 89.0. The van der Waals surface area contributed by atoms with Gasteiger partial charge in [0.25, 0.3) is 0 Å². The van der Waals surface area contributed by atoms with Crippen molar-refractivity contribution in [1.29, 1.82) is 0 Å². The van der Waals surface area contributed by atoms with Crippen LogP contribution in [0, 0.1) is 0 Å². The van der Waals surface area contributed by atoms with Gasteiger partial charge in [0.2, 0.25) is 0 Å². The zero-order chi connectivity index (χ0) is 92.9. The molecule has 12 nitrogen and oxygen atoms in total. The number of rotatable bonds is 68. The molecule has 8 rings (SSSR count). The molecule has 8 aromatic rings. The molecule has 724 valence electrons. The first kappa shape index (κ1) is 117. The van der Waals surface area contributed by atoms with Crippen molar-refractivity contribution in [2.24, 2.45) is 0 Å². The molecule has 0 amide bonds. The van der Waals surface area contributed by atoms with Crippen molar-refractivity contribution in [1.82, 2.24) is 0 Å². The SMILES string of the molecule is CCCCCCCCCc1ccc2ccc(S(=O)(=O)[O-])cc2c1CCCCCCCCC.CCCCCCCCCc1ccc2ccc(S(=O)(=O)[O-])cc2c1CCCCCCCCC.CCCCCCCCCc1ccc2ccc(S(=O)(=O)[O-])cc2c1CCCCCCCCC.CCCCCCCCCc1ccc2ccc(S(=O)(=O)[O-])cc2c1CCCCCCCCC.[Pb]. The van der Waals surface area contributed by atoms with Gasteiger partial charge >= 0.3 is 0 Å². The first-order chi connectivity index (χ1) is 61.9. The topological polar surface area (TPSA) is 229 Å². The van der Waals surface area contributed by atoms with Gasteiger partial charge in [-0.3, -0.25) is 0 Å². The van der Waals surface area contributed by atoms with Crippen LogP contribution in [0.15, 0.2) is 141 Å². The van der Waals surface area contributed by atoms with Crippen LogP contribution in [0.25, 0.3) is 43.1 Å². The Balaban J connectivity index is 0.000000359. The minimum atomic E-state index is -4.44. The first-order valence-electron chi connectivity index (χ1n) is 51.9. The molecule has 0 aliphatic carbocycles. The summed E-state index contributed by atoms with van der Waals surface area (Å²) in [6.45, 7) is 17.9. The van der Waals surface area contributed by atoms with E-state index in [-0.39, 0.29) is 46.9 Å². The number of unbranched alkanes of at least 4 members (excludes halogenated alkanes) is 48. The molecule has 0 saturated carbocycles. The van der Waals surface area contributed by atoms with Gasteiger partial charge in [0.15, 0.2) is 0 Å². The minimum absolute atomic E-state index is 0. The molecule has 0 atom stereocenters. The number of hydrogen-bond donors (Lipinski definition) is 0. The zero-order valence-electron chi connectivity index (χ0n) is 81.8. The molecule has 0 spiro atoms. The molecule has 0 fully saturated rings. The van der Waals surface area contributed by atoms with E-state index >= 15 is 0 Å². The fraction of sp³-hybridized carbons (Fsp3) is 0.643. The van der Waals surface area contributed by atoms with E-state index in [4.69, 9.17) is 0 Å². The molecule has 0 aromatic heterocycles. The molecule has 0 unspecified atom stereocenters. The van der Waals surface area contributed by atoms with Crippen LogP contribution < -0.4 is 0 Å². The molecular formula is C112H172O12PbS4-4. The van der Waals surface area contributed by atoms with Crippen molar-refractivity contribution in [3.63, 3.8) is 0 Å². The summed E-state index contributed by atoms with van der Waals surface area (Å²) in [4.78, 5) is -0.449. The summed E-state index contributed by atoms with van der Waals surface area (Å²) in [6, 6.07) is 36.6. The van der Waals surface area contributed by atoms with Gasteiger partial charge in [-0.15, -0.1) is 0 Å². The third kappa shape index (κ3) is 47.6. The third-order valence-corrected chi connectivity index (χ3v) is 29.6. The Morgan fingerprint density at radius 3 is 0.434 bits per heavy atom. The van der Waals surface area contributed by atoms with E-state index in [9.17, 15) is 51.9 Å². The van der Waals surface area contributed by atoms with E-state index in [0.29, 0.717) is 0 Å². The van der Waals surface area contributed by atoms with Gasteiger partial charge in [0, 0.05) is 27.3 Å². The number of hydrogen-bond acceptors (Lipinski definition) is 12. The molecule has 4 radical (unpaired) electrons. The van der Waals surface area contributed by atoms with Crippen molar-refractivity contribution in [2.75, 3.05) is 0 Å². The first-order valence-corrected chi connectivity index (χ1v) is 57.5. The van der Waals surface area contributed by atoms with Gasteiger partial charge in [-0.05, 0) is 239 Å². The molecule has 0 heterocycles. The van der Waals surface area contributed by atoms with Gasteiger partial charge in [0.1, 0.15) is 40.5 Å². The molecule has 0 N–H and O–H groups in total. The minimum Gasteiger partial charge on any atom is -0.744 e. The van der Waals surface area contributed by atoms with E-state index in [0.717, 1.165) is 120 Å². The summed E-state index contributed by atoms with van der Waals surface area (Å²) < 4.78 is 139. The van der Waals surface area contributed by atoms with Crippen LogP contribution in [-0.2, 0) is 91.8 Å². The smallest absolute Gasteiger partial charge is 0.124 e. The Morgan fingerprint density at radius 2 is 0.295 bits per heavy atom. The van der Waals surface area contributed by atoms with Crippen LogP contribution in [-0.4, -0.2) is 79.2 Å². The average molecular weight is 2050 g/mol. The van der Waals surface area contributed by atoms with E-state index in [1.807, 2.05) is 0 Å². The molecular weight excluding hydrogens is 1870 g/mol. The molecule has 0 aliphatic heterocycles. The van der Waals surface area contributed by atoms with E-state index in [1.165, 1.54) is 403 Å². The summed E-state index contributed by atoms with van der Waals surface area (Å²) in [7, 11) is -17.8. The Bertz CT molecular complexity index is 4220. The molecule has 0 saturated heterocycles. The summed E-state index contributed by atoms with van der Waals surface area (Å²) in [5.74, 6) is 0. The van der Waals surface area contributed by atoms with Crippen LogP contribution in [0.4, 0.5) is 0 Å². The number of benzene rings is 8. The number of fused-ring (bicyclic) bond motifs is 4. The Morgan fingerprint density at radius 1 is 0.171 bits per heavy atom. The maximum Gasteiger partial charge on any atom is 0.124 e. The average Bonchev–Trinajstić information content (AvgIpc) is 0.802. The number of aryl methyl sites for hydroxylation is 8. The Kier molecular flexibility index (Phi) is 62.6. The van der Waals surface area contributed by atoms with Gasteiger partial charge in [-0.1, -0.05) is 436 Å². The van der Waals surface area contributed by atoms with E-state index in [2.05, 4.69) is 104 Å². The molecule has 0 aliphatic rings. The molecule has 0 bridgehead atoms. The van der Waals surface area contributed by atoms with Crippen molar-refractivity contribution in [3.05, 3.63) is 166 Å². The maximum atomic E-state index is 11.6.